The smallest absolute Gasteiger partial charge is 0.462 e. The summed E-state index contributed by atoms with van der Waals surface area (Å²) < 4.78 is 33.2. The van der Waals surface area contributed by atoms with Crippen LogP contribution in [0.4, 0.5) is 0 Å². The lowest BCUT2D eigenvalue weighted by Crippen LogP contribution is -2.29. The molecule has 0 radical (unpaired) electrons. The molecule has 0 aromatic carbocycles. The van der Waals surface area contributed by atoms with Crippen molar-refractivity contribution in [3.63, 3.8) is 0 Å². The van der Waals surface area contributed by atoms with Crippen molar-refractivity contribution in [2.24, 2.45) is 5.73 Å². The molecule has 532 valence electrons. The number of carbonyl (C=O) groups excluding carboxylic acids is 2. The fourth-order valence-electron chi connectivity index (χ4n) is 10.6. The van der Waals surface area contributed by atoms with E-state index in [4.69, 9.17) is 24.3 Å². The second-order valence-electron chi connectivity index (χ2n) is 25.1. The van der Waals surface area contributed by atoms with Gasteiger partial charge in [0.2, 0.25) is 0 Å². The molecule has 0 aliphatic rings. The van der Waals surface area contributed by atoms with Gasteiger partial charge in [0.15, 0.2) is 6.10 Å². The molecule has 0 saturated carbocycles. The fraction of sp³-hybridized carbons (Fsp3) is 0.687. The van der Waals surface area contributed by atoms with Gasteiger partial charge in [-0.05, 0) is 116 Å². The highest BCUT2D eigenvalue weighted by atomic mass is 31.2. The van der Waals surface area contributed by atoms with Crippen molar-refractivity contribution in [1.82, 2.24) is 0 Å². The number of allylic oxidation sites excluding steroid dienone is 24. The number of unbranched alkanes of at least 4 members (excludes halogenated alkanes) is 34. The largest absolute Gasteiger partial charge is 0.472 e. The van der Waals surface area contributed by atoms with Gasteiger partial charge in [-0.1, -0.05) is 352 Å². The van der Waals surface area contributed by atoms with E-state index in [0.29, 0.717) is 6.42 Å². The second-order valence-corrected chi connectivity index (χ2v) is 26.6. The van der Waals surface area contributed by atoms with E-state index in [-0.39, 0.29) is 38.6 Å². The van der Waals surface area contributed by atoms with Crippen LogP contribution in [0.2, 0.25) is 0 Å². The maximum absolute atomic E-state index is 12.8. The van der Waals surface area contributed by atoms with E-state index in [9.17, 15) is 19.0 Å². The van der Waals surface area contributed by atoms with E-state index >= 15 is 0 Å². The van der Waals surface area contributed by atoms with Crippen LogP contribution in [-0.2, 0) is 32.7 Å². The molecule has 10 heteroatoms. The van der Waals surface area contributed by atoms with Crippen molar-refractivity contribution in [3.8, 4) is 0 Å². The van der Waals surface area contributed by atoms with E-state index in [2.05, 4.69) is 160 Å². The van der Waals surface area contributed by atoms with Crippen LogP contribution in [-0.4, -0.2) is 49.3 Å². The summed E-state index contributed by atoms with van der Waals surface area (Å²) in [4.78, 5) is 35.4. The highest BCUT2D eigenvalue weighted by Crippen LogP contribution is 2.43. The van der Waals surface area contributed by atoms with Crippen molar-refractivity contribution in [1.29, 1.82) is 0 Å². The highest BCUT2D eigenvalue weighted by Gasteiger charge is 2.26. The van der Waals surface area contributed by atoms with Gasteiger partial charge in [0.05, 0.1) is 13.2 Å². The van der Waals surface area contributed by atoms with Gasteiger partial charge in [-0.25, -0.2) is 4.57 Å². The first kappa shape index (κ1) is 88.9. The first-order valence-corrected chi connectivity index (χ1v) is 39.8. The summed E-state index contributed by atoms with van der Waals surface area (Å²) in [6, 6.07) is 0. The Bertz CT molecular complexity index is 2040. The van der Waals surface area contributed by atoms with Gasteiger partial charge >= 0.3 is 19.8 Å². The molecule has 0 bridgehead atoms. The Kier molecular flexibility index (Phi) is 73.5. The monoisotopic (exact) mass is 1310 g/mol. The van der Waals surface area contributed by atoms with E-state index in [1.165, 1.54) is 186 Å². The maximum atomic E-state index is 12.8. The minimum Gasteiger partial charge on any atom is -0.462 e. The van der Waals surface area contributed by atoms with E-state index in [0.717, 1.165) is 116 Å². The molecule has 3 N–H and O–H groups in total. The first-order valence-electron chi connectivity index (χ1n) is 38.3. The zero-order valence-corrected chi connectivity index (χ0v) is 60.8. The molecule has 9 nitrogen and oxygen atoms in total. The third-order valence-electron chi connectivity index (χ3n) is 16.2. The Balaban J connectivity index is 3.83. The zero-order valence-electron chi connectivity index (χ0n) is 59.9. The molecule has 0 fully saturated rings. The molecule has 0 aromatic heterocycles. The molecule has 93 heavy (non-hydrogen) atoms. The lowest BCUT2D eigenvalue weighted by Gasteiger charge is -2.19. The number of rotatable bonds is 71. The molecule has 0 aromatic rings. The third kappa shape index (κ3) is 76.8. The molecule has 2 unspecified atom stereocenters. The Morgan fingerprint density at radius 3 is 0.828 bits per heavy atom. The lowest BCUT2D eigenvalue weighted by molar-refractivity contribution is -0.161. The van der Waals surface area contributed by atoms with E-state index in [1.54, 1.807) is 0 Å². The standard InChI is InChI=1S/C83H142NO8P/c1-3-5-7-9-11-13-15-17-19-21-23-25-27-29-31-33-35-36-37-38-39-40-41-42-43-44-46-48-50-52-54-56-58-60-62-64-66-68-70-72-74-76-83(86)92-81(80-91-93(87,88)90-78-77-84)79-89-82(85)75-73-71-69-67-65-63-61-59-57-55-53-51-49-47-45-34-32-30-28-26-24-22-20-18-16-14-12-10-8-6-4-2/h5-8,11-14,17-20,23-26,29-32,35-36,45,47,81H,3-4,9-10,15-16,21-22,27-28,33-34,37-44,46,48-80,84H2,1-2H3,(H,87,88)/b7-5-,8-6-,13-11-,14-12-,19-17-,20-18-,25-23-,26-24-,31-29-,32-30-,36-35-,47-45-. The van der Waals surface area contributed by atoms with E-state index < -0.39 is 26.5 Å². The van der Waals surface area contributed by atoms with Gasteiger partial charge in [0.1, 0.15) is 6.61 Å². The number of hydrogen-bond donors (Lipinski definition) is 2. The third-order valence-corrected chi connectivity index (χ3v) is 17.2. The van der Waals surface area contributed by atoms with Crippen molar-refractivity contribution in [2.75, 3.05) is 26.4 Å². The summed E-state index contributed by atoms with van der Waals surface area (Å²) in [5, 5.41) is 0. The number of phosphoric ester groups is 1. The molecular weight excluding hydrogens is 1170 g/mol. The van der Waals surface area contributed by atoms with Gasteiger partial charge in [-0.15, -0.1) is 0 Å². The summed E-state index contributed by atoms with van der Waals surface area (Å²) >= 11 is 0. The first-order chi connectivity index (χ1) is 45.8. The van der Waals surface area contributed by atoms with Gasteiger partial charge in [0, 0.05) is 19.4 Å². The Labute approximate surface area is 573 Å². The van der Waals surface area contributed by atoms with Crippen LogP contribution < -0.4 is 5.73 Å². The number of hydrogen-bond acceptors (Lipinski definition) is 8. The predicted octanol–water partition coefficient (Wildman–Crippen LogP) is 25.8. The number of esters is 2. The van der Waals surface area contributed by atoms with Crippen LogP contribution in [0.3, 0.4) is 0 Å². The second kappa shape index (κ2) is 76.9. The number of phosphoric acid groups is 1. The van der Waals surface area contributed by atoms with Crippen molar-refractivity contribution in [2.45, 2.75) is 341 Å². The van der Waals surface area contributed by atoms with Crippen LogP contribution in [0.25, 0.3) is 0 Å². The van der Waals surface area contributed by atoms with Gasteiger partial charge in [0.25, 0.3) is 0 Å². The lowest BCUT2D eigenvalue weighted by atomic mass is 10.0. The van der Waals surface area contributed by atoms with Crippen LogP contribution in [0.1, 0.15) is 335 Å². The van der Waals surface area contributed by atoms with Crippen LogP contribution in [0.15, 0.2) is 146 Å². The van der Waals surface area contributed by atoms with Crippen molar-refractivity contribution in [3.05, 3.63) is 146 Å². The Hall–Kier alpha value is -4.11. The highest BCUT2D eigenvalue weighted by molar-refractivity contribution is 7.47. The molecular formula is C83H142NO8P. The molecule has 0 heterocycles. The predicted molar refractivity (Wildman–Crippen MR) is 404 cm³/mol. The van der Waals surface area contributed by atoms with Crippen molar-refractivity contribution < 1.29 is 37.6 Å². The van der Waals surface area contributed by atoms with Crippen LogP contribution in [0, 0.1) is 0 Å². The molecule has 0 amide bonds. The van der Waals surface area contributed by atoms with E-state index in [1.807, 2.05) is 0 Å². The summed E-state index contributed by atoms with van der Waals surface area (Å²) in [6.45, 7) is 3.54. The summed E-state index contributed by atoms with van der Waals surface area (Å²) in [5.41, 5.74) is 5.41. The SMILES string of the molecule is CC/C=C\C/C=C\C/C=C\C/C=C\C/C=C\C/C=C\CCCCCCCCCCCCCCCCCCCCCCCCC(=O)OC(COC(=O)CCCCCCCCCCCCCC/C=C\C/C=C\C/C=C\C/C=C\C/C=C\C/C=C\CC)COP(=O)(O)OCCN. The number of ether oxygens (including phenoxy) is 2. The van der Waals surface area contributed by atoms with Crippen LogP contribution in [0.5, 0.6) is 0 Å². The number of carbonyl (C=O) groups is 2. The zero-order chi connectivity index (χ0) is 67.2. The Morgan fingerprint density at radius 1 is 0.323 bits per heavy atom. The molecule has 0 spiro atoms. The fourth-order valence-corrected chi connectivity index (χ4v) is 11.4. The maximum Gasteiger partial charge on any atom is 0.472 e. The molecule has 0 saturated heterocycles. The van der Waals surface area contributed by atoms with Gasteiger partial charge in [-0.2, -0.15) is 0 Å². The molecule has 0 aliphatic heterocycles. The Morgan fingerprint density at radius 2 is 0.559 bits per heavy atom. The topological polar surface area (TPSA) is 134 Å². The quantitative estimate of drug-likeness (QED) is 0.0264. The molecule has 2 atom stereocenters. The minimum atomic E-state index is -4.40. The summed E-state index contributed by atoms with van der Waals surface area (Å²) in [5.74, 6) is -0.823. The minimum absolute atomic E-state index is 0.0495. The van der Waals surface area contributed by atoms with Crippen LogP contribution >= 0.6 is 7.82 Å². The summed E-state index contributed by atoms with van der Waals surface area (Å²) in [6.07, 6.45) is 111. The average Bonchev–Trinajstić information content (AvgIpc) is 3.49. The number of nitrogens with two attached hydrogens (primary N) is 1. The normalized spacial score (nSPS) is 13.7. The molecule has 0 rings (SSSR count). The van der Waals surface area contributed by atoms with Gasteiger partial charge < -0.3 is 20.1 Å². The average molecular weight is 1310 g/mol. The van der Waals surface area contributed by atoms with Crippen molar-refractivity contribution >= 4 is 19.8 Å². The molecule has 0 aliphatic carbocycles. The van der Waals surface area contributed by atoms with Gasteiger partial charge in [-0.3, -0.25) is 18.6 Å². The summed E-state index contributed by atoms with van der Waals surface area (Å²) in [7, 11) is -4.40.